The molecule has 2 aliphatic heterocycles. The molecule has 0 atom stereocenters. The monoisotopic (exact) mass is 359 g/mol. The standard InChI is InChI=1S/C20H33N5O/c26-20-17-18-5-4-6-19(18)21-25(20)16-15-24-13-11-23(12-14-24)10-9-22-7-2-1-3-8-22/h17H,1-16H2. The summed E-state index contributed by atoms with van der Waals surface area (Å²) in [5.74, 6) is 0. The Morgan fingerprint density at radius 1 is 0.731 bits per heavy atom. The van der Waals surface area contributed by atoms with Crippen LogP contribution in [0.15, 0.2) is 10.9 Å². The first-order valence-corrected chi connectivity index (χ1v) is 10.5. The van der Waals surface area contributed by atoms with Gasteiger partial charge >= 0.3 is 0 Å². The second kappa shape index (κ2) is 8.63. The minimum Gasteiger partial charge on any atom is -0.302 e. The van der Waals surface area contributed by atoms with E-state index in [4.69, 9.17) is 0 Å². The van der Waals surface area contributed by atoms with E-state index in [1.165, 1.54) is 51.0 Å². The molecule has 0 radical (unpaired) electrons. The SMILES string of the molecule is O=c1cc2c(nn1CCN1CCN(CCN3CCCCC3)CC1)CCC2. The van der Waals surface area contributed by atoms with Gasteiger partial charge in [-0.2, -0.15) is 5.10 Å². The molecular formula is C20H33N5O. The molecular weight excluding hydrogens is 326 g/mol. The van der Waals surface area contributed by atoms with Crippen LogP contribution in [0.1, 0.15) is 36.9 Å². The third-order valence-corrected chi connectivity index (χ3v) is 6.30. The molecule has 0 N–H and O–H groups in total. The van der Waals surface area contributed by atoms with Crippen LogP contribution in [0, 0.1) is 0 Å². The number of piperidine rings is 1. The van der Waals surface area contributed by atoms with E-state index in [0.29, 0.717) is 0 Å². The summed E-state index contributed by atoms with van der Waals surface area (Å²) in [6.07, 6.45) is 7.37. The van der Waals surface area contributed by atoms with Gasteiger partial charge in [-0.05, 0) is 50.8 Å². The van der Waals surface area contributed by atoms with E-state index in [9.17, 15) is 4.79 Å². The predicted molar refractivity (Wildman–Crippen MR) is 104 cm³/mol. The highest BCUT2D eigenvalue weighted by Crippen LogP contribution is 2.17. The van der Waals surface area contributed by atoms with E-state index in [2.05, 4.69) is 19.8 Å². The van der Waals surface area contributed by atoms with Crippen LogP contribution in [0.5, 0.6) is 0 Å². The Bertz CT molecular complexity index is 644. The molecule has 0 bridgehead atoms. The van der Waals surface area contributed by atoms with Crippen molar-refractivity contribution in [3.63, 3.8) is 0 Å². The van der Waals surface area contributed by atoms with E-state index in [1.807, 2.05) is 6.07 Å². The van der Waals surface area contributed by atoms with Crippen LogP contribution in [0.25, 0.3) is 0 Å². The van der Waals surface area contributed by atoms with Gasteiger partial charge in [0, 0.05) is 51.9 Å². The molecule has 0 aromatic carbocycles. The lowest BCUT2D eigenvalue weighted by atomic mass is 10.1. The molecule has 1 aliphatic carbocycles. The lowest BCUT2D eigenvalue weighted by Crippen LogP contribution is -2.49. The molecule has 3 aliphatic rings. The Morgan fingerprint density at radius 2 is 1.35 bits per heavy atom. The van der Waals surface area contributed by atoms with Crippen LogP contribution in [0.3, 0.4) is 0 Å². The summed E-state index contributed by atoms with van der Waals surface area (Å²) in [6, 6.07) is 1.81. The summed E-state index contributed by atoms with van der Waals surface area (Å²) in [6.45, 7) is 11.2. The highest BCUT2D eigenvalue weighted by molar-refractivity contribution is 5.22. The number of likely N-dealkylation sites (tertiary alicyclic amines) is 1. The molecule has 0 saturated carbocycles. The summed E-state index contributed by atoms with van der Waals surface area (Å²) in [5.41, 5.74) is 2.39. The summed E-state index contributed by atoms with van der Waals surface area (Å²) in [5, 5.41) is 4.59. The maximum atomic E-state index is 12.2. The maximum absolute atomic E-state index is 12.2. The number of rotatable bonds is 6. The van der Waals surface area contributed by atoms with Crippen LogP contribution in [-0.2, 0) is 19.4 Å². The van der Waals surface area contributed by atoms with Crippen LogP contribution >= 0.6 is 0 Å². The summed E-state index contributed by atoms with van der Waals surface area (Å²) in [4.78, 5) is 19.9. The van der Waals surface area contributed by atoms with Crippen molar-refractivity contribution < 1.29 is 0 Å². The molecule has 0 spiro atoms. The zero-order valence-electron chi connectivity index (χ0n) is 16.0. The van der Waals surface area contributed by atoms with Crippen molar-refractivity contribution in [3.8, 4) is 0 Å². The van der Waals surface area contributed by atoms with Crippen LogP contribution < -0.4 is 5.56 Å². The molecule has 144 valence electrons. The lowest BCUT2D eigenvalue weighted by Gasteiger charge is -2.36. The molecule has 1 aromatic rings. The average molecular weight is 360 g/mol. The Hall–Kier alpha value is -1.24. The van der Waals surface area contributed by atoms with Crippen LogP contribution in [0.2, 0.25) is 0 Å². The molecule has 6 nitrogen and oxygen atoms in total. The molecule has 0 unspecified atom stereocenters. The number of aromatic nitrogens is 2. The third kappa shape index (κ3) is 4.53. The van der Waals surface area contributed by atoms with Crippen molar-refractivity contribution in [1.82, 2.24) is 24.5 Å². The second-order valence-electron chi connectivity index (χ2n) is 8.12. The first-order valence-electron chi connectivity index (χ1n) is 10.5. The van der Waals surface area contributed by atoms with E-state index in [0.717, 1.165) is 64.2 Å². The Morgan fingerprint density at radius 3 is 2.04 bits per heavy atom. The lowest BCUT2D eigenvalue weighted by molar-refractivity contribution is 0.110. The second-order valence-corrected chi connectivity index (χ2v) is 8.12. The van der Waals surface area contributed by atoms with Gasteiger partial charge in [0.05, 0.1) is 12.2 Å². The molecule has 4 rings (SSSR count). The third-order valence-electron chi connectivity index (χ3n) is 6.30. The molecule has 26 heavy (non-hydrogen) atoms. The number of nitrogens with zero attached hydrogens (tertiary/aromatic N) is 5. The van der Waals surface area contributed by atoms with Gasteiger partial charge in [-0.3, -0.25) is 14.6 Å². The van der Waals surface area contributed by atoms with Gasteiger partial charge in [-0.1, -0.05) is 6.42 Å². The summed E-state index contributed by atoms with van der Waals surface area (Å²) >= 11 is 0. The van der Waals surface area contributed by atoms with Gasteiger partial charge in [-0.25, -0.2) is 4.68 Å². The van der Waals surface area contributed by atoms with Crippen molar-refractivity contribution in [3.05, 3.63) is 27.7 Å². The van der Waals surface area contributed by atoms with Crippen molar-refractivity contribution in [2.75, 3.05) is 58.9 Å². The number of fused-ring (bicyclic) bond motifs is 1. The summed E-state index contributed by atoms with van der Waals surface area (Å²) in [7, 11) is 0. The van der Waals surface area contributed by atoms with E-state index >= 15 is 0 Å². The van der Waals surface area contributed by atoms with Gasteiger partial charge in [-0.15, -0.1) is 0 Å². The average Bonchev–Trinajstić information content (AvgIpc) is 3.13. The van der Waals surface area contributed by atoms with Gasteiger partial charge < -0.3 is 4.90 Å². The highest BCUT2D eigenvalue weighted by atomic mass is 16.1. The van der Waals surface area contributed by atoms with E-state index in [1.54, 1.807) is 4.68 Å². The number of piperazine rings is 1. The topological polar surface area (TPSA) is 44.6 Å². The normalized spacial score (nSPS) is 22.6. The zero-order chi connectivity index (χ0) is 17.8. The maximum Gasteiger partial charge on any atom is 0.267 e. The molecule has 3 heterocycles. The fourth-order valence-electron chi connectivity index (χ4n) is 4.54. The highest BCUT2D eigenvalue weighted by Gasteiger charge is 2.19. The quantitative estimate of drug-likeness (QED) is 0.753. The van der Waals surface area contributed by atoms with E-state index < -0.39 is 0 Å². The smallest absolute Gasteiger partial charge is 0.267 e. The molecule has 0 amide bonds. The van der Waals surface area contributed by atoms with Crippen molar-refractivity contribution in [1.29, 1.82) is 0 Å². The minimum absolute atomic E-state index is 0.0748. The zero-order valence-corrected chi connectivity index (χ0v) is 16.0. The first kappa shape index (κ1) is 18.1. The van der Waals surface area contributed by atoms with Crippen LogP contribution in [0.4, 0.5) is 0 Å². The number of hydrogen-bond acceptors (Lipinski definition) is 5. The van der Waals surface area contributed by atoms with Crippen LogP contribution in [-0.4, -0.2) is 83.4 Å². The largest absolute Gasteiger partial charge is 0.302 e. The van der Waals surface area contributed by atoms with E-state index in [-0.39, 0.29) is 5.56 Å². The van der Waals surface area contributed by atoms with Crippen molar-refractivity contribution >= 4 is 0 Å². The molecule has 2 fully saturated rings. The summed E-state index contributed by atoms with van der Waals surface area (Å²) < 4.78 is 1.69. The molecule has 6 heteroatoms. The molecule has 1 aromatic heterocycles. The number of aryl methyl sites for hydroxylation is 2. The van der Waals surface area contributed by atoms with Crippen molar-refractivity contribution in [2.45, 2.75) is 45.1 Å². The van der Waals surface area contributed by atoms with Gasteiger partial charge in [0.25, 0.3) is 5.56 Å². The van der Waals surface area contributed by atoms with Gasteiger partial charge in [0.15, 0.2) is 0 Å². The minimum atomic E-state index is 0.0748. The van der Waals surface area contributed by atoms with Gasteiger partial charge in [0.2, 0.25) is 0 Å². The first-order chi connectivity index (χ1) is 12.8. The van der Waals surface area contributed by atoms with Crippen molar-refractivity contribution in [2.24, 2.45) is 0 Å². The fraction of sp³-hybridized carbons (Fsp3) is 0.800. The fourth-order valence-corrected chi connectivity index (χ4v) is 4.54. The number of hydrogen-bond donors (Lipinski definition) is 0. The van der Waals surface area contributed by atoms with Gasteiger partial charge in [0.1, 0.15) is 0 Å². The Labute approximate surface area is 156 Å². The Balaban J connectivity index is 1.19. The molecule has 2 saturated heterocycles. The Kier molecular flexibility index (Phi) is 6.02. The predicted octanol–water partition coefficient (Wildman–Crippen LogP) is 0.836.